The molecule has 1 saturated carbocycles. The third-order valence-corrected chi connectivity index (χ3v) is 7.29. The molecule has 0 aromatic carbocycles. The van der Waals surface area contributed by atoms with Crippen molar-refractivity contribution in [3.63, 3.8) is 0 Å². The summed E-state index contributed by atoms with van der Waals surface area (Å²) >= 11 is 1.19. The second-order valence-electron chi connectivity index (χ2n) is 10.1. The molecular weight excluding hydrogens is 490 g/mol. The first-order valence-electron chi connectivity index (χ1n) is 14.2. The molecule has 0 saturated heterocycles. The van der Waals surface area contributed by atoms with Crippen LogP contribution in [0.4, 0.5) is 4.79 Å². The Morgan fingerprint density at radius 1 is 1.14 bits per heavy atom. The number of hydrogen-bond donors (Lipinski definition) is 1. The van der Waals surface area contributed by atoms with E-state index in [0.29, 0.717) is 17.0 Å². The lowest BCUT2D eigenvalue weighted by Gasteiger charge is -2.44. The van der Waals surface area contributed by atoms with Crippen LogP contribution in [-0.2, 0) is 9.47 Å². The van der Waals surface area contributed by atoms with E-state index < -0.39 is 6.16 Å². The summed E-state index contributed by atoms with van der Waals surface area (Å²) < 4.78 is 27.2. The summed E-state index contributed by atoms with van der Waals surface area (Å²) in [5, 5.41) is 7.00. The van der Waals surface area contributed by atoms with E-state index in [1.807, 2.05) is 13.8 Å². The van der Waals surface area contributed by atoms with Gasteiger partial charge in [0.05, 0.1) is 31.9 Å². The molecule has 0 radical (unpaired) electrons. The lowest BCUT2D eigenvalue weighted by Crippen LogP contribution is -2.58. The zero-order valence-electron chi connectivity index (χ0n) is 24.3. The summed E-state index contributed by atoms with van der Waals surface area (Å²) in [5.41, 5.74) is 1.96. The van der Waals surface area contributed by atoms with Crippen molar-refractivity contribution in [2.24, 2.45) is 5.92 Å². The van der Waals surface area contributed by atoms with Gasteiger partial charge in [-0.3, -0.25) is 4.48 Å². The highest BCUT2D eigenvalue weighted by Gasteiger charge is 2.42. The Morgan fingerprint density at radius 2 is 1.84 bits per heavy atom. The summed E-state index contributed by atoms with van der Waals surface area (Å²) in [6.45, 7) is 12.7. The van der Waals surface area contributed by atoms with E-state index in [2.05, 4.69) is 42.6 Å². The van der Waals surface area contributed by atoms with Crippen LogP contribution in [0.15, 0.2) is 6.08 Å². The van der Waals surface area contributed by atoms with Gasteiger partial charge in [0.2, 0.25) is 6.23 Å². The quantitative estimate of drug-likeness (QED) is 0.186. The highest BCUT2D eigenvalue weighted by molar-refractivity contribution is 6.99. The first-order chi connectivity index (χ1) is 17.9. The normalized spacial score (nSPS) is 20.5. The van der Waals surface area contributed by atoms with Crippen LogP contribution < -0.4 is 4.74 Å². The zero-order chi connectivity index (χ0) is 27.7. The monoisotopic (exact) mass is 542 g/mol. The molecule has 0 amide bonds. The van der Waals surface area contributed by atoms with Gasteiger partial charge in [0.15, 0.2) is 0 Å². The maximum Gasteiger partial charge on any atom is 0.513 e. The molecule has 2 heterocycles. The average molecular weight is 543 g/mol. The van der Waals surface area contributed by atoms with E-state index in [-0.39, 0.29) is 18.2 Å². The Balaban J connectivity index is 0.00000163. The highest BCUT2D eigenvalue weighted by Crippen LogP contribution is 2.33. The number of aliphatic hydroxyl groups excluding tert-OH is 1. The third-order valence-electron chi connectivity index (χ3n) is 6.78. The Morgan fingerprint density at radius 3 is 2.49 bits per heavy atom. The lowest BCUT2D eigenvalue weighted by atomic mass is 9.98. The number of quaternary nitrogens is 1. The van der Waals surface area contributed by atoms with Crippen LogP contribution in [0.5, 0.6) is 5.88 Å². The van der Waals surface area contributed by atoms with Gasteiger partial charge in [-0.15, -0.1) is 4.37 Å². The summed E-state index contributed by atoms with van der Waals surface area (Å²) in [4.78, 5) is 12.7. The van der Waals surface area contributed by atoms with Crippen molar-refractivity contribution in [1.29, 1.82) is 0 Å². The van der Waals surface area contributed by atoms with E-state index >= 15 is 0 Å². The van der Waals surface area contributed by atoms with Crippen molar-refractivity contribution >= 4 is 23.5 Å². The molecule has 2 atom stereocenters. The minimum absolute atomic E-state index is 0.000653. The van der Waals surface area contributed by atoms with Gasteiger partial charge in [-0.25, -0.2) is 4.79 Å². The van der Waals surface area contributed by atoms with Crippen LogP contribution in [-0.4, -0.2) is 70.7 Å². The maximum absolute atomic E-state index is 12.7. The van der Waals surface area contributed by atoms with Crippen LogP contribution in [0, 0.1) is 5.92 Å². The summed E-state index contributed by atoms with van der Waals surface area (Å²) in [6.07, 6.45) is 12.3. The molecule has 0 spiro atoms. The Bertz CT molecular complexity index is 780. The van der Waals surface area contributed by atoms with Gasteiger partial charge in [-0.1, -0.05) is 66.4 Å². The van der Waals surface area contributed by atoms with E-state index in [0.717, 1.165) is 70.0 Å². The lowest BCUT2D eigenvalue weighted by molar-refractivity contribution is -0.950. The standard InChI is InChI=1S/C25H42N3O4S.C2H6.CH4O/c1-5-6-7-11-17-30-23-22(26-33-27-23)20-13-12-16-28(4,18-20)24(19(2)3)32-25(29)31-21-14-9-8-10-15-21;2*1-2/h13,19,21,24H,5-12,14-18H2,1-4H3;1-2H3;2H,1H3/q+1;;. The maximum atomic E-state index is 12.7. The predicted molar refractivity (Wildman–Crippen MR) is 151 cm³/mol. The molecule has 0 bridgehead atoms. The van der Waals surface area contributed by atoms with E-state index in [4.69, 9.17) is 19.3 Å². The molecule has 2 aliphatic rings. The van der Waals surface area contributed by atoms with Gasteiger partial charge < -0.3 is 19.3 Å². The number of likely N-dealkylation sites (N-methyl/N-ethyl adjacent to an activating group) is 1. The molecular formula is C28H52N3O5S+. The minimum atomic E-state index is -0.525. The highest BCUT2D eigenvalue weighted by atomic mass is 32.1. The molecule has 37 heavy (non-hydrogen) atoms. The number of carbonyl (C=O) groups excluding carboxylic acids is 1. The van der Waals surface area contributed by atoms with Gasteiger partial charge in [-0.2, -0.15) is 4.37 Å². The molecule has 1 aliphatic carbocycles. The molecule has 8 nitrogen and oxygen atoms in total. The van der Waals surface area contributed by atoms with Crippen molar-refractivity contribution in [1.82, 2.24) is 8.75 Å². The zero-order valence-corrected chi connectivity index (χ0v) is 25.1. The molecule has 1 N–H and O–H groups in total. The molecule has 1 fully saturated rings. The predicted octanol–water partition coefficient (Wildman–Crippen LogP) is 6.83. The van der Waals surface area contributed by atoms with E-state index in [1.54, 1.807) is 0 Å². The van der Waals surface area contributed by atoms with Crippen molar-refractivity contribution in [3.8, 4) is 5.88 Å². The molecule has 214 valence electrons. The van der Waals surface area contributed by atoms with Gasteiger partial charge in [0.1, 0.15) is 18.3 Å². The van der Waals surface area contributed by atoms with Gasteiger partial charge >= 0.3 is 6.16 Å². The second-order valence-corrected chi connectivity index (χ2v) is 10.6. The molecule has 1 aromatic rings. The van der Waals surface area contributed by atoms with E-state index in [9.17, 15) is 4.79 Å². The first-order valence-corrected chi connectivity index (χ1v) is 15.0. The van der Waals surface area contributed by atoms with Gasteiger partial charge in [0, 0.05) is 25.0 Å². The minimum Gasteiger partial charge on any atom is -0.475 e. The molecule has 1 aromatic heterocycles. The second kappa shape index (κ2) is 18.5. The third kappa shape index (κ3) is 10.9. The Hall–Kier alpha value is -1.71. The van der Waals surface area contributed by atoms with Crippen molar-refractivity contribution in [2.45, 2.75) is 111 Å². The summed E-state index contributed by atoms with van der Waals surface area (Å²) in [7, 11) is 3.16. The average Bonchev–Trinajstić information content (AvgIpc) is 3.38. The van der Waals surface area contributed by atoms with Crippen LogP contribution in [0.2, 0.25) is 0 Å². The molecule has 2 unspecified atom stereocenters. The number of unbranched alkanes of at least 4 members (excludes halogenated alkanes) is 3. The number of aliphatic hydroxyl groups is 1. The smallest absolute Gasteiger partial charge is 0.475 e. The van der Waals surface area contributed by atoms with Crippen LogP contribution >= 0.6 is 11.7 Å². The fourth-order valence-corrected chi connectivity index (χ4v) is 5.58. The van der Waals surface area contributed by atoms with Crippen molar-refractivity contribution in [3.05, 3.63) is 11.8 Å². The fourth-order valence-electron chi connectivity index (χ4n) is 5.05. The molecule has 1 aliphatic heterocycles. The number of rotatable bonds is 11. The first kappa shape index (κ1) is 33.3. The van der Waals surface area contributed by atoms with Crippen molar-refractivity contribution < 1.29 is 28.6 Å². The van der Waals surface area contributed by atoms with Crippen LogP contribution in [0.1, 0.15) is 105 Å². The number of aromatic nitrogens is 2. The fraction of sp³-hybridized carbons (Fsp3) is 0.821. The Labute approximate surface area is 229 Å². The number of nitrogens with zero attached hydrogens (tertiary/aromatic N) is 3. The Kier molecular flexibility index (Phi) is 16.7. The largest absolute Gasteiger partial charge is 0.513 e. The van der Waals surface area contributed by atoms with Gasteiger partial charge in [-0.05, 0) is 32.1 Å². The summed E-state index contributed by atoms with van der Waals surface area (Å²) in [5.74, 6) is 0.797. The van der Waals surface area contributed by atoms with E-state index in [1.165, 1.54) is 37.4 Å². The number of ether oxygens (including phenoxy) is 3. The van der Waals surface area contributed by atoms with Gasteiger partial charge in [0.25, 0.3) is 5.88 Å². The SMILES string of the molecule is CC.CCCCCCOc1nsnc1C1=CCC[N+](C)(C(OC(=O)OC2CCCCC2)C(C)C)C1.CO. The van der Waals surface area contributed by atoms with Crippen LogP contribution in [0.3, 0.4) is 0 Å². The number of carbonyl (C=O) groups is 1. The number of hydrogen-bond acceptors (Lipinski definition) is 8. The summed E-state index contributed by atoms with van der Waals surface area (Å²) in [6, 6.07) is 0. The van der Waals surface area contributed by atoms with Crippen LogP contribution in [0.25, 0.3) is 5.57 Å². The van der Waals surface area contributed by atoms with Crippen molar-refractivity contribution in [2.75, 3.05) is 33.9 Å². The topological polar surface area (TPSA) is 90.8 Å². The molecule has 3 rings (SSSR count). The molecule has 9 heteroatoms.